The van der Waals surface area contributed by atoms with Gasteiger partial charge in [-0.1, -0.05) is 0 Å². The molecule has 0 saturated heterocycles. The number of halogens is 1. The Bertz CT molecular complexity index is 36.8. The molecular weight excluding hydrogens is 190 g/mol. The zero-order valence-corrected chi connectivity index (χ0v) is 5.87. The van der Waals surface area contributed by atoms with Crippen molar-refractivity contribution in [2.75, 3.05) is 0 Å². The molecule has 0 unspecified atom stereocenters. The summed E-state index contributed by atoms with van der Waals surface area (Å²) in [5, 5.41) is 0. The van der Waals surface area contributed by atoms with E-state index < -0.39 is 0 Å². The predicted octanol–water partition coefficient (Wildman–Crippen LogP) is 2.15. The van der Waals surface area contributed by atoms with Crippen molar-refractivity contribution in [3.63, 3.8) is 0 Å². The molecule has 0 aromatic rings. The first kappa shape index (κ1) is 6.69. The Hall–Kier alpha value is 0.692. The third kappa shape index (κ3) is 4.69. The normalized spacial score (nSPS) is 11.0. The number of hydrogen-bond acceptors (Lipinski definition) is 0. The van der Waals surface area contributed by atoms with Gasteiger partial charge in [-0.2, -0.15) is 0 Å². The molecule has 0 aromatic carbocycles. The number of rotatable bonds is 2. The summed E-state index contributed by atoms with van der Waals surface area (Å²) in [5.41, 5.74) is 0. The molecule has 0 radical (unpaired) electrons. The van der Waals surface area contributed by atoms with E-state index in [0.29, 0.717) is 17.0 Å². The molecule has 0 aliphatic heterocycles. The second kappa shape index (κ2) is 5.69. The standard InChI is InChI=1S/C4H7.ClH.Pd/c1-3-4-2;;/h1,3H,4H2,2H3;1H;/q;;+1/p-1. The molecule has 0 fully saturated rings. The fraction of sp³-hybridized carbons (Fsp3) is 0.500. The van der Waals surface area contributed by atoms with Crippen molar-refractivity contribution < 1.29 is 17.0 Å². The van der Waals surface area contributed by atoms with Crippen LogP contribution in [0.1, 0.15) is 13.3 Å². The van der Waals surface area contributed by atoms with Gasteiger partial charge >= 0.3 is 50.5 Å². The van der Waals surface area contributed by atoms with E-state index in [1.54, 1.807) is 0 Å². The molecule has 0 heterocycles. The van der Waals surface area contributed by atoms with E-state index >= 15 is 0 Å². The van der Waals surface area contributed by atoms with Crippen LogP contribution in [0.15, 0.2) is 10.6 Å². The topological polar surface area (TPSA) is 0 Å². The molecule has 0 N–H and O–H groups in total. The van der Waals surface area contributed by atoms with Crippen LogP contribution in [0.4, 0.5) is 0 Å². The van der Waals surface area contributed by atoms with Crippen LogP contribution in [0.5, 0.6) is 0 Å². The average molecular weight is 197 g/mol. The second-order valence-electron chi connectivity index (χ2n) is 0.818. The maximum absolute atomic E-state index is 5.34. The van der Waals surface area contributed by atoms with Gasteiger partial charge in [0.2, 0.25) is 0 Å². The summed E-state index contributed by atoms with van der Waals surface area (Å²) < 4.78 is 2.00. The Labute approximate surface area is 50.7 Å². The first-order chi connectivity index (χ1) is 2.91. The van der Waals surface area contributed by atoms with Gasteiger partial charge in [0.25, 0.3) is 0 Å². The summed E-state index contributed by atoms with van der Waals surface area (Å²) in [6.07, 6.45) is 3.17. The van der Waals surface area contributed by atoms with Crippen molar-refractivity contribution in [2.45, 2.75) is 13.3 Å². The van der Waals surface area contributed by atoms with Gasteiger partial charge in [0.05, 0.1) is 0 Å². The summed E-state index contributed by atoms with van der Waals surface area (Å²) in [6.45, 7) is 2.09. The molecule has 0 aromatic heterocycles. The average Bonchev–Trinajstić information content (AvgIpc) is 1.61. The quantitative estimate of drug-likeness (QED) is 0.595. The van der Waals surface area contributed by atoms with E-state index in [-0.39, 0.29) is 0 Å². The van der Waals surface area contributed by atoms with E-state index in [1.165, 1.54) is 0 Å². The van der Waals surface area contributed by atoms with E-state index in [1.807, 2.05) is 4.55 Å². The van der Waals surface area contributed by atoms with Gasteiger partial charge in [-0.15, -0.1) is 0 Å². The molecule has 0 aliphatic rings. The van der Waals surface area contributed by atoms with Crippen molar-refractivity contribution in [1.82, 2.24) is 0 Å². The zero-order valence-electron chi connectivity index (χ0n) is 3.56. The fourth-order valence-electron chi connectivity index (χ4n) is 0.103. The minimum absolute atomic E-state index is 0.304. The van der Waals surface area contributed by atoms with Crippen molar-refractivity contribution in [3.05, 3.63) is 10.6 Å². The molecule has 0 amide bonds. The first-order valence-electron chi connectivity index (χ1n) is 1.75. The first-order valence-corrected chi connectivity index (χ1v) is 4.65. The summed E-state index contributed by atoms with van der Waals surface area (Å²) in [7, 11) is 5.34. The van der Waals surface area contributed by atoms with Crippen LogP contribution >= 0.6 is 9.53 Å². The molecule has 40 valence electrons. The third-order valence-corrected chi connectivity index (χ3v) is 1.38. The van der Waals surface area contributed by atoms with Crippen LogP contribution in [-0.2, 0) is 17.0 Å². The Kier molecular flexibility index (Phi) is 6.35. The summed E-state index contributed by atoms with van der Waals surface area (Å²) in [5.74, 6) is 0. The third-order valence-electron chi connectivity index (χ3n) is 0.350. The van der Waals surface area contributed by atoms with Crippen LogP contribution in [0.2, 0.25) is 0 Å². The Morgan fingerprint density at radius 1 is 1.83 bits per heavy atom. The van der Waals surface area contributed by atoms with Crippen LogP contribution in [0.3, 0.4) is 0 Å². The molecule has 0 spiro atoms. The summed E-state index contributed by atoms with van der Waals surface area (Å²) >= 11 is 0.304. The molecular formula is C4H7ClPd. The molecule has 0 bridgehead atoms. The molecule has 0 saturated carbocycles. The number of allylic oxidation sites excluding steroid dienone is 1. The molecule has 0 aliphatic carbocycles. The monoisotopic (exact) mass is 196 g/mol. The van der Waals surface area contributed by atoms with E-state index in [2.05, 4.69) is 13.0 Å². The van der Waals surface area contributed by atoms with E-state index in [9.17, 15) is 0 Å². The van der Waals surface area contributed by atoms with Crippen molar-refractivity contribution >= 4 is 9.53 Å². The Morgan fingerprint density at radius 2 is 2.50 bits per heavy atom. The van der Waals surface area contributed by atoms with Gasteiger partial charge in [0.15, 0.2) is 0 Å². The molecule has 0 rings (SSSR count). The Morgan fingerprint density at radius 3 is 2.67 bits per heavy atom. The van der Waals surface area contributed by atoms with Crippen LogP contribution in [0.25, 0.3) is 0 Å². The number of hydrogen-bond donors (Lipinski definition) is 0. The van der Waals surface area contributed by atoms with Crippen molar-refractivity contribution in [1.29, 1.82) is 0 Å². The predicted molar refractivity (Wildman–Crippen MR) is 25.3 cm³/mol. The Balaban J connectivity index is 2.73. The SMILES string of the molecule is CCC=[CH][Pd][Cl]. The van der Waals surface area contributed by atoms with E-state index in [0.717, 1.165) is 6.42 Å². The zero-order chi connectivity index (χ0) is 4.83. The van der Waals surface area contributed by atoms with Crippen LogP contribution < -0.4 is 0 Å². The van der Waals surface area contributed by atoms with Gasteiger partial charge in [-0.25, -0.2) is 0 Å². The maximum atomic E-state index is 5.34. The molecule has 0 atom stereocenters. The summed E-state index contributed by atoms with van der Waals surface area (Å²) in [4.78, 5) is 0. The van der Waals surface area contributed by atoms with Crippen molar-refractivity contribution in [2.24, 2.45) is 0 Å². The molecule has 0 nitrogen and oxygen atoms in total. The second-order valence-corrected chi connectivity index (χ2v) is 2.49. The van der Waals surface area contributed by atoms with Gasteiger partial charge in [-0.05, 0) is 0 Å². The van der Waals surface area contributed by atoms with Crippen LogP contribution in [-0.4, -0.2) is 0 Å². The van der Waals surface area contributed by atoms with Crippen LogP contribution in [0, 0.1) is 0 Å². The van der Waals surface area contributed by atoms with Crippen molar-refractivity contribution in [3.8, 4) is 0 Å². The van der Waals surface area contributed by atoms with E-state index in [4.69, 9.17) is 9.53 Å². The van der Waals surface area contributed by atoms with Gasteiger partial charge < -0.3 is 0 Å². The summed E-state index contributed by atoms with van der Waals surface area (Å²) in [6, 6.07) is 0. The molecule has 6 heavy (non-hydrogen) atoms. The van der Waals surface area contributed by atoms with Gasteiger partial charge in [0.1, 0.15) is 0 Å². The van der Waals surface area contributed by atoms with Gasteiger partial charge in [-0.3, -0.25) is 0 Å². The van der Waals surface area contributed by atoms with Gasteiger partial charge in [0, 0.05) is 0 Å². The minimum atomic E-state index is 0.304. The fourth-order valence-corrected chi connectivity index (χ4v) is 0.941. The molecule has 2 heteroatoms.